The third-order valence-electron chi connectivity index (χ3n) is 4.95. The average Bonchev–Trinajstić information content (AvgIpc) is 2.97. The molecule has 1 saturated heterocycles. The summed E-state index contributed by atoms with van der Waals surface area (Å²) in [6.45, 7) is 0.799. The van der Waals surface area contributed by atoms with Crippen LogP contribution in [0.25, 0.3) is 0 Å². The van der Waals surface area contributed by atoms with Crippen molar-refractivity contribution >= 4 is 17.5 Å². The smallest absolute Gasteiger partial charge is 0.243 e. The minimum Gasteiger partial charge on any atom is -0.334 e. The Balaban J connectivity index is 1.84. The Labute approximate surface area is 131 Å². The van der Waals surface area contributed by atoms with E-state index in [1.54, 1.807) is 0 Å². The van der Waals surface area contributed by atoms with Crippen molar-refractivity contribution in [3.8, 4) is 0 Å². The van der Waals surface area contributed by atoms with Crippen LogP contribution in [0.1, 0.15) is 56.6 Å². The monoisotopic (exact) mass is 306 g/mol. The Kier molecular flexibility index (Phi) is 4.23. The number of halogens is 1. The van der Waals surface area contributed by atoms with Gasteiger partial charge in [0.1, 0.15) is 0 Å². The van der Waals surface area contributed by atoms with E-state index in [-0.39, 0.29) is 11.9 Å². The second kappa shape index (κ2) is 5.98. The molecule has 0 aromatic heterocycles. The highest BCUT2D eigenvalue weighted by atomic mass is 35.5. The molecule has 1 aliphatic heterocycles. The molecule has 3 nitrogen and oxygen atoms in total. The zero-order chi connectivity index (χ0) is 14.9. The van der Waals surface area contributed by atoms with Crippen LogP contribution in [0.2, 0.25) is 5.02 Å². The van der Waals surface area contributed by atoms with E-state index in [2.05, 4.69) is 0 Å². The Hall–Kier alpha value is -1.06. The van der Waals surface area contributed by atoms with E-state index in [9.17, 15) is 4.79 Å². The van der Waals surface area contributed by atoms with E-state index in [0.717, 1.165) is 55.7 Å². The zero-order valence-electron chi connectivity index (χ0n) is 12.4. The van der Waals surface area contributed by atoms with Gasteiger partial charge in [0.15, 0.2) is 0 Å². The fourth-order valence-electron chi connectivity index (χ4n) is 3.76. The Morgan fingerprint density at radius 2 is 1.90 bits per heavy atom. The number of rotatable bonds is 2. The molecule has 0 bridgehead atoms. The van der Waals surface area contributed by atoms with Gasteiger partial charge >= 0.3 is 0 Å². The number of carbonyl (C=O) groups excluding carboxylic acids is 1. The van der Waals surface area contributed by atoms with Crippen LogP contribution in [0.15, 0.2) is 24.3 Å². The van der Waals surface area contributed by atoms with Crippen LogP contribution >= 0.6 is 11.6 Å². The lowest BCUT2D eigenvalue weighted by molar-refractivity contribution is -0.139. The molecule has 1 aromatic carbocycles. The molecule has 1 atom stereocenters. The molecule has 1 aliphatic carbocycles. The number of hydrogen-bond acceptors (Lipinski definition) is 2. The zero-order valence-corrected chi connectivity index (χ0v) is 13.1. The highest BCUT2D eigenvalue weighted by Gasteiger charge is 2.42. The van der Waals surface area contributed by atoms with Gasteiger partial charge in [-0.2, -0.15) is 0 Å². The maximum Gasteiger partial charge on any atom is 0.243 e. The Morgan fingerprint density at radius 3 is 2.62 bits per heavy atom. The lowest BCUT2D eigenvalue weighted by Gasteiger charge is -2.38. The largest absolute Gasteiger partial charge is 0.334 e. The standard InChI is InChI=1S/C17H23ClN2O/c18-14-8-3-2-7-13(14)15-9-6-12-20(15)16(21)17(19)10-4-1-5-11-17/h2-3,7-8,15H,1,4-6,9-12,19H2. The van der Waals surface area contributed by atoms with Gasteiger partial charge < -0.3 is 10.6 Å². The van der Waals surface area contributed by atoms with Gasteiger partial charge in [0.2, 0.25) is 5.91 Å². The second-order valence-electron chi connectivity index (χ2n) is 6.39. The predicted molar refractivity (Wildman–Crippen MR) is 85.1 cm³/mol. The Morgan fingerprint density at radius 1 is 1.19 bits per heavy atom. The van der Waals surface area contributed by atoms with Gasteiger partial charge in [0.25, 0.3) is 0 Å². The van der Waals surface area contributed by atoms with Crippen LogP contribution in [-0.4, -0.2) is 22.9 Å². The fraction of sp³-hybridized carbons (Fsp3) is 0.588. The summed E-state index contributed by atoms with van der Waals surface area (Å²) in [6, 6.07) is 7.94. The number of hydrogen-bond donors (Lipinski definition) is 1. The third-order valence-corrected chi connectivity index (χ3v) is 5.29. The minimum atomic E-state index is -0.651. The molecule has 2 N–H and O–H groups in total. The molecule has 1 amide bonds. The topological polar surface area (TPSA) is 46.3 Å². The molecular weight excluding hydrogens is 284 g/mol. The molecule has 21 heavy (non-hydrogen) atoms. The summed E-state index contributed by atoms with van der Waals surface area (Å²) in [5.41, 5.74) is 6.85. The molecule has 4 heteroatoms. The van der Waals surface area contributed by atoms with Gasteiger partial charge in [0, 0.05) is 11.6 Å². The van der Waals surface area contributed by atoms with Crippen molar-refractivity contribution in [1.29, 1.82) is 0 Å². The summed E-state index contributed by atoms with van der Waals surface area (Å²) in [4.78, 5) is 15.0. The van der Waals surface area contributed by atoms with Crippen LogP contribution in [0, 0.1) is 0 Å². The number of carbonyl (C=O) groups is 1. The van der Waals surface area contributed by atoms with Gasteiger partial charge in [-0.25, -0.2) is 0 Å². The molecule has 0 spiro atoms. The molecule has 1 unspecified atom stereocenters. The summed E-state index contributed by atoms with van der Waals surface area (Å²) >= 11 is 6.33. The van der Waals surface area contributed by atoms with Gasteiger partial charge in [-0.05, 0) is 37.3 Å². The third kappa shape index (κ3) is 2.82. The van der Waals surface area contributed by atoms with Crippen molar-refractivity contribution in [2.45, 2.75) is 56.5 Å². The summed E-state index contributed by atoms with van der Waals surface area (Å²) in [7, 11) is 0. The number of benzene rings is 1. The maximum absolute atomic E-state index is 13.0. The van der Waals surface area contributed by atoms with Gasteiger partial charge in [-0.15, -0.1) is 0 Å². The lowest BCUT2D eigenvalue weighted by atomic mass is 9.81. The summed E-state index contributed by atoms with van der Waals surface area (Å²) in [5, 5.41) is 0.747. The quantitative estimate of drug-likeness (QED) is 0.906. The van der Waals surface area contributed by atoms with Gasteiger partial charge in [0.05, 0.1) is 11.6 Å². The van der Waals surface area contributed by atoms with E-state index in [0.29, 0.717) is 0 Å². The molecule has 1 aromatic rings. The molecule has 1 heterocycles. The van der Waals surface area contributed by atoms with E-state index >= 15 is 0 Å². The lowest BCUT2D eigenvalue weighted by Crippen LogP contribution is -2.56. The number of nitrogens with two attached hydrogens (primary N) is 1. The average molecular weight is 307 g/mol. The van der Waals surface area contributed by atoms with Crippen molar-refractivity contribution in [3.63, 3.8) is 0 Å². The van der Waals surface area contributed by atoms with Crippen molar-refractivity contribution in [3.05, 3.63) is 34.9 Å². The highest BCUT2D eigenvalue weighted by molar-refractivity contribution is 6.31. The van der Waals surface area contributed by atoms with Crippen molar-refractivity contribution in [2.75, 3.05) is 6.54 Å². The van der Waals surface area contributed by atoms with Crippen LogP contribution in [0.4, 0.5) is 0 Å². The second-order valence-corrected chi connectivity index (χ2v) is 6.80. The first-order chi connectivity index (χ1) is 10.1. The van der Waals surface area contributed by atoms with Crippen LogP contribution in [0.3, 0.4) is 0 Å². The van der Waals surface area contributed by atoms with Gasteiger partial charge in [-0.1, -0.05) is 49.1 Å². The van der Waals surface area contributed by atoms with E-state index in [1.165, 1.54) is 6.42 Å². The van der Waals surface area contributed by atoms with Crippen molar-refractivity contribution < 1.29 is 4.79 Å². The van der Waals surface area contributed by atoms with Crippen molar-refractivity contribution in [1.82, 2.24) is 4.90 Å². The minimum absolute atomic E-state index is 0.0913. The molecule has 2 aliphatic rings. The predicted octanol–water partition coefficient (Wildman–Crippen LogP) is 3.67. The maximum atomic E-state index is 13.0. The SMILES string of the molecule is NC1(C(=O)N2CCCC2c2ccccc2Cl)CCCCC1. The van der Waals surface area contributed by atoms with Gasteiger partial charge in [-0.3, -0.25) is 4.79 Å². The fourth-order valence-corrected chi connectivity index (χ4v) is 4.02. The van der Waals surface area contributed by atoms with Crippen LogP contribution in [-0.2, 0) is 4.79 Å². The summed E-state index contributed by atoms with van der Waals surface area (Å²) in [5.74, 6) is 0.129. The van der Waals surface area contributed by atoms with E-state index in [1.807, 2.05) is 29.2 Å². The molecule has 2 fully saturated rings. The molecule has 1 saturated carbocycles. The molecular formula is C17H23ClN2O. The first-order valence-electron chi connectivity index (χ1n) is 7.96. The summed E-state index contributed by atoms with van der Waals surface area (Å²) < 4.78 is 0. The van der Waals surface area contributed by atoms with Crippen LogP contribution < -0.4 is 5.73 Å². The van der Waals surface area contributed by atoms with Crippen molar-refractivity contribution in [2.24, 2.45) is 5.73 Å². The first kappa shape index (κ1) is 14.9. The number of nitrogens with zero attached hydrogens (tertiary/aromatic N) is 1. The van der Waals surface area contributed by atoms with E-state index in [4.69, 9.17) is 17.3 Å². The highest BCUT2D eigenvalue weighted by Crippen LogP contribution is 2.38. The summed E-state index contributed by atoms with van der Waals surface area (Å²) in [6.07, 6.45) is 6.96. The molecule has 114 valence electrons. The first-order valence-corrected chi connectivity index (χ1v) is 8.34. The molecule has 0 radical (unpaired) electrons. The number of likely N-dealkylation sites (tertiary alicyclic amines) is 1. The normalized spacial score (nSPS) is 25.0. The van der Waals surface area contributed by atoms with E-state index < -0.39 is 5.54 Å². The Bertz CT molecular complexity index is 525. The molecule has 3 rings (SSSR count). The van der Waals surface area contributed by atoms with Crippen LogP contribution in [0.5, 0.6) is 0 Å². The number of amides is 1.